The summed E-state index contributed by atoms with van der Waals surface area (Å²) in [5.74, 6) is 0. The zero-order valence-electron chi connectivity index (χ0n) is 32.2. The van der Waals surface area contributed by atoms with Crippen LogP contribution < -0.4 is 4.90 Å². The van der Waals surface area contributed by atoms with Crippen LogP contribution in [0.15, 0.2) is 206 Å². The molecule has 0 N–H and O–H groups in total. The first-order chi connectivity index (χ1) is 28.7. The van der Waals surface area contributed by atoms with Gasteiger partial charge in [-0.25, -0.2) is 0 Å². The Bertz CT molecular complexity index is 3250. The first kappa shape index (κ1) is 33.8. The van der Waals surface area contributed by atoms with E-state index in [2.05, 4.69) is 230 Å². The molecule has 58 heavy (non-hydrogen) atoms. The summed E-state index contributed by atoms with van der Waals surface area (Å²) in [5, 5.41) is 12.7. The van der Waals surface area contributed by atoms with E-state index in [4.69, 9.17) is 0 Å². The number of rotatable bonds is 7. The Morgan fingerprint density at radius 2 is 0.879 bits per heavy atom. The van der Waals surface area contributed by atoms with E-state index in [1.807, 2.05) is 0 Å². The third-order valence-electron chi connectivity index (χ3n) is 11.8. The Morgan fingerprint density at radius 3 is 1.55 bits per heavy atom. The largest absolute Gasteiger partial charge is 0.309 e. The van der Waals surface area contributed by atoms with Crippen molar-refractivity contribution in [1.29, 1.82) is 0 Å². The number of hydrogen-bond acceptors (Lipinski definition) is 1. The molecule has 0 aliphatic rings. The highest BCUT2D eigenvalue weighted by Crippen LogP contribution is 2.49. The maximum atomic E-state index is 2.44. The Balaban J connectivity index is 1.11. The summed E-state index contributed by atoms with van der Waals surface area (Å²) in [4.78, 5) is 2.44. The lowest BCUT2D eigenvalue weighted by Gasteiger charge is -2.29. The second-order valence-electron chi connectivity index (χ2n) is 15.4. The first-order valence-corrected chi connectivity index (χ1v) is 20.1. The zero-order valence-corrected chi connectivity index (χ0v) is 32.2. The SMILES string of the molecule is Cc1cc(-c2c3ccccc3c(N(c3ccccc3)c3ccc(/C=C/c4ccccc4)cc3)c3ccccc23)cc(-c2ccc3ccc4cccc5ccc2c3c45)c1. The summed E-state index contributed by atoms with van der Waals surface area (Å²) in [7, 11) is 0. The van der Waals surface area contributed by atoms with E-state index in [0.717, 1.165) is 16.9 Å². The van der Waals surface area contributed by atoms with Crippen LogP contribution in [0.3, 0.4) is 0 Å². The number of hydrogen-bond donors (Lipinski definition) is 0. The van der Waals surface area contributed by atoms with Crippen LogP contribution >= 0.6 is 0 Å². The van der Waals surface area contributed by atoms with E-state index in [-0.39, 0.29) is 0 Å². The summed E-state index contributed by atoms with van der Waals surface area (Å²) in [6.45, 7) is 2.23. The molecule has 1 nitrogen and oxygen atoms in total. The molecule has 0 aliphatic carbocycles. The second kappa shape index (κ2) is 13.9. The molecule has 0 spiro atoms. The van der Waals surface area contributed by atoms with Gasteiger partial charge >= 0.3 is 0 Å². The van der Waals surface area contributed by atoms with Gasteiger partial charge in [-0.2, -0.15) is 0 Å². The van der Waals surface area contributed by atoms with Crippen LogP contribution in [0.2, 0.25) is 0 Å². The van der Waals surface area contributed by atoms with Gasteiger partial charge in [-0.1, -0.05) is 188 Å². The van der Waals surface area contributed by atoms with Crippen LogP contribution in [0.4, 0.5) is 17.1 Å². The number of aryl methyl sites for hydroxylation is 1. The van der Waals surface area contributed by atoms with Gasteiger partial charge in [0.25, 0.3) is 0 Å². The van der Waals surface area contributed by atoms with Crippen molar-refractivity contribution in [2.24, 2.45) is 0 Å². The van der Waals surface area contributed by atoms with Crippen LogP contribution in [-0.2, 0) is 0 Å². The molecule has 1 heteroatoms. The van der Waals surface area contributed by atoms with Crippen LogP contribution in [0.1, 0.15) is 16.7 Å². The van der Waals surface area contributed by atoms with Gasteiger partial charge < -0.3 is 4.90 Å². The van der Waals surface area contributed by atoms with E-state index in [1.165, 1.54) is 92.9 Å². The van der Waals surface area contributed by atoms with Gasteiger partial charge in [0.05, 0.1) is 5.69 Å². The number of fused-ring (bicyclic) bond motifs is 2. The number of benzene rings is 11. The Labute approximate surface area is 338 Å². The fraction of sp³-hybridized carbons (Fsp3) is 0.0175. The molecule has 0 atom stereocenters. The Kier molecular flexibility index (Phi) is 8.12. The fourth-order valence-electron chi connectivity index (χ4n) is 9.20. The topological polar surface area (TPSA) is 3.24 Å². The Morgan fingerprint density at radius 1 is 0.362 bits per heavy atom. The van der Waals surface area contributed by atoms with Crippen LogP contribution in [0.5, 0.6) is 0 Å². The van der Waals surface area contributed by atoms with Crippen LogP contribution in [0, 0.1) is 6.92 Å². The van der Waals surface area contributed by atoms with Gasteiger partial charge in [0.2, 0.25) is 0 Å². The summed E-state index contributed by atoms with van der Waals surface area (Å²) in [6.07, 6.45) is 4.36. The number of nitrogens with zero attached hydrogens (tertiary/aromatic N) is 1. The molecular formula is C57H39N. The van der Waals surface area contributed by atoms with E-state index in [0.29, 0.717) is 0 Å². The minimum absolute atomic E-state index is 1.11. The lowest BCUT2D eigenvalue weighted by Crippen LogP contribution is -2.11. The molecule has 0 saturated carbocycles. The third-order valence-corrected chi connectivity index (χ3v) is 11.8. The smallest absolute Gasteiger partial charge is 0.0618 e. The summed E-state index contributed by atoms with van der Waals surface area (Å²) in [5.41, 5.74) is 12.0. The van der Waals surface area contributed by atoms with Crippen molar-refractivity contribution < 1.29 is 0 Å². The average Bonchev–Trinajstić information content (AvgIpc) is 3.28. The van der Waals surface area contributed by atoms with E-state index in [1.54, 1.807) is 0 Å². The van der Waals surface area contributed by atoms with Crippen molar-refractivity contribution in [3.05, 3.63) is 223 Å². The standard InChI is InChI=1S/C57H39N/c1-38-35-44(48-33-29-43-28-27-41-15-12-16-42-30-34-51(48)56(43)54(41)42)37-45(36-38)55-49-19-8-10-21-52(49)57(53-22-11-9-20-50(53)55)58(46-17-6-3-7-18-46)47-31-25-40(26-32-47)24-23-39-13-4-2-5-14-39/h2-37H,1H3/b24-23+. The molecule has 0 heterocycles. The molecule has 0 fully saturated rings. The van der Waals surface area contributed by atoms with Crippen molar-refractivity contribution in [3.8, 4) is 22.3 Å². The van der Waals surface area contributed by atoms with Crippen LogP contribution in [0.25, 0.3) is 88.3 Å². The summed E-state index contributed by atoms with van der Waals surface area (Å²) >= 11 is 0. The average molecular weight is 738 g/mol. The quantitative estimate of drug-likeness (QED) is 0.0894. The van der Waals surface area contributed by atoms with Gasteiger partial charge in [0.1, 0.15) is 0 Å². The van der Waals surface area contributed by atoms with Crippen LogP contribution in [-0.4, -0.2) is 0 Å². The molecule has 0 bridgehead atoms. The molecular weight excluding hydrogens is 699 g/mol. The van der Waals surface area contributed by atoms with E-state index >= 15 is 0 Å². The maximum Gasteiger partial charge on any atom is 0.0618 e. The predicted molar refractivity (Wildman–Crippen MR) is 251 cm³/mol. The highest BCUT2D eigenvalue weighted by Gasteiger charge is 2.23. The molecule has 0 aromatic heterocycles. The van der Waals surface area contributed by atoms with Crippen molar-refractivity contribution in [2.75, 3.05) is 4.90 Å². The van der Waals surface area contributed by atoms with Gasteiger partial charge in [-0.05, 0) is 119 Å². The van der Waals surface area contributed by atoms with Gasteiger partial charge in [-0.3, -0.25) is 0 Å². The normalized spacial score (nSPS) is 11.8. The predicted octanol–water partition coefficient (Wildman–Crippen LogP) is 16.2. The summed E-state index contributed by atoms with van der Waals surface area (Å²) in [6, 6.07) is 75.6. The molecule has 0 amide bonds. The van der Waals surface area contributed by atoms with Gasteiger partial charge in [-0.15, -0.1) is 0 Å². The maximum absolute atomic E-state index is 2.44. The van der Waals surface area contributed by atoms with Crippen molar-refractivity contribution in [3.63, 3.8) is 0 Å². The minimum atomic E-state index is 1.11. The second-order valence-corrected chi connectivity index (χ2v) is 15.4. The first-order valence-electron chi connectivity index (χ1n) is 20.1. The number of anilines is 3. The fourth-order valence-corrected chi connectivity index (χ4v) is 9.20. The molecule has 0 unspecified atom stereocenters. The minimum Gasteiger partial charge on any atom is -0.309 e. The van der Waals surface area contributed by atoms with Gasteiger partial charge in [0, 0.05) is 22.1 Å². The molecule has 0 aliphatic heterocycles. The highest BCUT2D eigenvalue weighted by molar-refractivity contribution is 6.26. The lowest BCUT2D eigenvalue weighted by molar-refractivity contribution is 1.31. The third kappa shape index (κ3) is 5.71. The molecule has 272 valence electrons. The van der Waals surface area contributed by atoms with Crippen molar-refractivity contribution in [2.45, 2.75) is 6.92 Å². The van der Waals surface area contributed by atoms with E-state index < -0.39 is 0 Å². The number of para-hydroxylation sites is 1. The van der Waals surface area contributed by atoms with E-state index in [9.17, 15) is 0 Å². The molecule has 11 aromatic carbocycles. The molecule has 0 radical (unpaired) electrons. The van der Waals surface area contributed by atoms with Crippen molar-refractivity contribution in [1.82, 2.24) is 0 Å². The Hall–Kier alpha value is -7.48. The van der Waals surface area contributed by atoms with Crippen molar-refractivity contribution >= 4 is 83.1 Å². The molecule has 0 saturated heterocycles. The summed E-state index contributed by atoms with van der Waals surface area (Å²) < 4.78 is 0. The lowest BCUT2D eigenvalue weighted by atomic mass is 9.86. The monoisotopic (exact) mass is 737 g/mol. The highest BCUT2D eigenvalue weighted by atomic mass is 15.1. The molecule has 11 aromatic rings. The molecule has 11 rings (SSSR count). The zero-order chi connectivity index (χ0) is 38.6. The van der Waals surface area contributed by atoms with Gasteiger partial charge in [0.15, 0.2) is 0 Å².